The highest BCUT2D eigenvalue weighted by molar-refractivity contribution is 9.11. The third-order valence-corrected chi connectivity index (χ3v) is 4.39. The van der Waals surface area contributed by atoms with Crippen molar-refractivity contribution in [2.45, 2.75) is 13.3 Å². The van der Waals surface area contributed by atoms with Crippen molar-refractivity contribution in [1.82, 2.24) is 10.2 Å². The lowest BCUT2D eigenvalue weighted by Gasteiger charge is -1.96. The second-order valence-electron chi connectivity index (χ2n) is 2.91. The highest BCUT2D eigenvalue weighted by Crippen LogP contribution is 2.23. The number of nitrogens with one attached hydrogen (secondary N) is 1. The number of hydrogen-bond acceptors (Lipinski definition) is 5. The zero-order valence-corrected chi connectivity index (χ0v) is 11.6. The van der Waals surface area contributed by atoms with Crippen molar-refractivity contribution in [2.75, 3.05) is 5.32 Å². The molecule has 0 atom stereocenters. The third kappa shape index (κ3) is 2.66. The predicted octanol–water partition coefficient (Wildman–Crippen LogP) is 3.18. The molecule has 0 fully saturated rings. The molecule has 0 aliphatic carbocycles. The molecule has 2 rings (SSSR count). The van der Waals surface area contributed by atoms with Crippen molar-refractivity contribution in [3.05, 3.63) is 25.8 Å². The Morgan fingerprint density at radius 2 is 2.25 bits per heavy atom. The van der Waals surface area contributed by atoms with Gasteiger partial charge >= 0.3 is 0 Å². The summed E-state index contributed by atoms with van der Waals surface area (Å²) in [4.78, 5) is 12.4. The molecule has 2 heterocycles. The number of rotatable bonds is 3. The Labute approximate surface area is 109 Å². The first kappa shape index (κ1) is 11.7. The number of carbonyl (C=O) groups is 1. The second kappa shape index (κ2) is 5.03. The lowest BCUT2D eigenvalue weighted by Crippen LogP contribution is -2.09. The lowest BCUT2D eigenvalue weighted by atomic mass is 10.4. The summed E-state index contributed by atoms with van der Waals surface area (Å²) in [5, 5.41) is 12.0. The number of hydrogen-bond donors (Lipinski definition) is 1. The molecule has 2 aromatic heterocycles. The molecule has 0 aromatic carbocycles. The van der Waals surface area contributed by atoms with Gasteiger partial charge in [0.1, 0.15) is 5.01 Å². The van der Waals surface area contributed by atoms with Crippen molar-refractivity contribution < 1.29 is 4.79 Å². The Hall–Kier alpha value is -0.790. The number of thiophene rings is 1. The van der Waals surface area contributed by atoms with Crippen LogP contribution in [0.2, 0.25) is 0 Å². The maximum atomic E-state index is 11.7. The third-order valence-electron chi connectivity index (χ3n) is 1.79. The second-order valence-corrected chi connectivity index (χ2v) is 6.44. The molecule has 7 heteroatoms. The Kier molecular flexibility index (Phi) is 3.67. The fourth-order valence-electron chi connectivity index (χ4n) is 1.04. The number of aromatic nitrogens is 2. The van der Waals surface area contributed by atoms with Crippen molar-refractivity contribution >= 4 is 49.6 Å². The summed E-state index contributed by atoms with van der Waals surface area (Å²) >= 11 is 6.10. The van der Waals surface area contributed by atoms with E-state index in [0.717, 1.165) is 15.2 Å². The first-order valence-corrected chi connectivity index (χ1v) is 7.00. The largest absolute Gasteiger partial charge is 0.296 e. The van der Waals surface area contributed by atoms with Gasteiger partial charge in [0.05, 0.1) is 8.66 Å². The summed E-state index contributed by atoms with van der Waals surface area (Å²) in [5.74, 6) is -0.144. The maximum Gasteiger partial charge on any atom is 0.267 e. The molecule has 0 spiro atoms. The molecule has 4 nitrogen and oxygen atoms in total. The topological polar surface area (TPSA) is 54.9 Å². The van der Waals surface area contributed by atoms with E-state index in [2.05, 4.69) is 31.4 Å². The molecule has 16 heavy (non-hydrogen) atoms. The Morgan fingerprint density at radius 3 is 2.81 bits per heavy atom. The summed E-state index contributed by atoms with van der Waals surface area (Å²) in [6.07, 6.45) is 0.831. The van der Waals surface area contributed by atoms with Crippen LogP contribution in [0, 0.1) is 0 Å². The van der Waals surface area contributed by atoms with Gasteiger partial charge < -0.3 is 0 Å². The minimum Gasteiger partial charge on any atom is -0.296 e. The van der Waals surface area contributed by atoms with Gasteiger partial charge in [0.2, 0.25) is 5.13 Å². The van der Waals surface area contributed by atoms with E-state index in [4.69, 9.17) is 0 Å². The fourth-order valence-corrected chi connectivity index (χ4v) is 3.00. The quantitative estimate of drug-likeness (QED) is 0.946. The minimum atomic E-state index is -0.144. The summed E-state index contributed by atoms with van der Waals surface area (Å²) in [7, 11) is 0. The van der Waals surface area contributed by atoms with Gasteiger partial charge in [0.25, 0.3) is 5.91 Å². The SMILES string of the molecule is CCc1nnc(NC(=O)c2ccc(Br)s2)s1. The van der Waals surface area contributed by atoms with Crippen LogP contribution in [0.4, 0.5) is 5.13 Å². The van der Waals surface area contributed by atoms with Gasteiger partial charge in [-0.05, 0) is 34.5 Å². The zero-order chi connectivity index (χ0) is 11.5. The van der Waals surface area contributed by atoms with Crippen LogP contribution in [-0.4, -0.2) is 16.1 Å². The van der Waals surface area contributed by atoms with Crippen LogP contribution in [0.15, 0.2) is 15.9 Å². The van der Waals surface area contributed by atoms with E-state index in [1.165, 1.54) is 22.7 Å². The van der Waals surface area contributed by atoms with Crippen molar-refractivity contribution in [3.63, 3.8) is 0 Å². The number of amides is 1. The smallest absolute Gasteiger partial charge is 0.267 e. The van der Waals surface area contributed by atoms with Crippen LogP contribution in [0.1, 0.15) is 21.6 Å². The molecule has 0 aliphatic rings. The lowest BCUT2D eigenvalue weighted by molar-refractivity contribution is 0.103. The molecular formula is C9H8BrN3OS2. The van der Waals surface area contributed by atoms with E-state index in [1.807, 2.05) is 13.0 Å². The summed E-state index contributed by atoms with van der Waals surface area (Å²) < 4.78 is 0.934. The zero-order valence-electron chi connectivity index (χ0n) is 8.36. The van der Waals surface area contributed by atoms with Crippen molar-refractivity contribution in [3.8, 4) is 0 Å². The maximum absolute atomic E-state index is 11.7. The minimum absolute atomic E-state index is 0.144. The van der Waals surface area contributed by atoms with Crippen LogP contribution < -0.4 is 5.32 Å². The van der Waals surface area contributed by atoms with Gasteiger partial charge in [-0.3, -0.25) is 10.1 Å². The molecule has 84 valence electrons. The number of carbonyl (C=O) groups excluding carboxylic acids is 1. The molecule has 0 radical (unpaired) electrons. The number of aryl methyl sites for hydroxylation is 1. The first-order valence-electron chi connectivity index (χ1n) is 4.58. The highest BCUT2D eigenvalue weighted by atomic mass is 79.9. The van der Waals surface area contributed by atoms with Gasteiger partial charge in [-0.1, -0.05) is 18.3 Å². The van der Waals surface area contributed by atoms with E-state index in [0.29, 0.717) is 10.0 Å². The molecule has 2 aromatic rings. The van der Waals surface area contributed by atoms with Crippen LogP contribution in [0.3, 0.4) is 0 Å². The van der Waals surface area contributed by atoms with Gasteiger partial charge in [-0.25, -0.2) is 0 Å². The molecule has 1 amide bonds. The van der Waals surface area contributed by atoms with E-state index < -0.39 is 0 Å². The summed E-state index contributed by atoms with van der Waals surface area (Å²) in [6, 6.07) is 3.61. The van der Waals surface area contributed by atoms with Crippen LogP contribution >= 0.6 is 38.6 Å². The Morgan fingerprint density at radius 1 is 1.44 bits per heavy atom. The predicted molar refractivity (Wildman–Crippen MR) is 69.3 cm³/mol. The van der Waals surface area contributed by atoms with E-state index in [9.17, 15) is 4.79 Å². The first-order chi connectivity index (χ1) is 7.69. The van der Waals surface area contributed by atoms with Crippen LogP contribution in [0.25, 0.3) is 0 Å². The Balaban J connectivity index is 2.07. The fraction of sp³-hybridized carbons (Fsp3) is 0.222. The number of halogens is 1. The molecular weight excluding hydrogens is 310 g/mol. The molecule has 0 saturated carbocycles. The van der Waals surface area contributed by atoms with Crippen LogP contribution in [0.5, 0.6) is 0 Å². The number of anilines is 1. The molecule has 0 aliphatic heterocycles. The highest BCUT2D eigenvalue weighted by Gasteiger charge is 2.11. The monoisotopic (exact) mass is 317 g/mol. The van der Waals surface area contributed by atoms with Crippen LogP contribution in [-0.2, 0) is 6.42 Å². The van der Waals surface area contributed by atoms with Gasteiger partial charge in [0.15, 0.2) is 0 Å². The van der Waals surface area contributed by atoms with Gasteiger partial charge in [-0.15, -0.1) is 21.5 Å². The molecule has 0 saturated heterocycles. The summed E-state index contributed by atoms with van der Waals surface area (Å²) in [5.41, 5.74) is 0. The molecule has 0 unspecified atom stereocenters. The van der Waals surface area contributed by atoms with E-state index in [1.54, 1.807) is 6.07 Å². The average molecular weight is 318 g/mol. The molecule has 0 bridgehead atoms. The number of nitrogens with zero attached hydrogens (tertiary/aromatic N) is 2. The van der Waals surface area contributed by atoms with Crippen molar-refractivity contribution in [1.29, 1.82) is 0 Å². The van der Waals surface area contributed by atoms with E-state index in [-0.39, 0.29) is 5.91 Å². The Bertz CT molecular complexity index is 508. The average Bonchev–Trinajstić information content (AvgIpc) is 2.87. The molecule has 1 N–H and O–H groups in total. The van der Waals surface area contributed by atoms with Crippen molar-refractivity contribution in [2.24, 2.45) is 0 Å². The normalized spacial score (nSPS) is 10.4. The van der Waals surface area contributed by atoms with E-state index >= 15 is 0 Å². The standard InChI is InChI=1S/C9H8BrN3OS2/c1-2-7-12-13-9(16-7)11-8(14)5-3-4-6(10)15-5/h3-4H,2H2,1H3,(H,11,13,14). The van der Waals surface area contributed by atoms with Gasteiger partial charge in [-0.2, -0.15) is 0 Å². The summed E-state index contributed by atoms with van der Waals surface area (Å²) in [6.45, 7) is 2.00. The van der Waals surface area contributed by atoms with Gasteiger partial charge in [0, 0.05) is 0 Å².